The van der Waals surface area contributed by atoms with Crippen LogP contribution in [0.1, 0.15) is 5.69 Å². The summed E-state index contributed by atoms with van der Waals surface area (Å²) in [5, 5.41) is 2.67. The third kappa shape index (κ3) is 4.26. The Morgan fingerprint density at radius 2 is 1.96 bits per heavy atom. The van der Waals surface area contributed by atoms with E-state index in [1.54, 1.807) is 48.7 Å². The fraction of sp³-hybridized carbons (Fsp3) is 0.0588. The van der Waals surface area contributed by atoms with Crippen molar-refractivity contribution in [3.63, 3.8) is 0 Å². The number of nitrogens with zero attached hydrogens (tertiary/aromatic N) is 2. The zero-order valence-corrected chi connectivity index (χ0v) is 14.4. The maximum absolute atomic E-state index is 12.3. The third-order valence-corrected chi connectivity index (χ3v) is 4.43. The SMILES string of the molecule is O=C(CN1C(=O)S/C(=C\c2ccccn2)C1=O)Nc1ccc(Cl)cc1. The maximum atomic E-state index is 12.3. The lowest BCUT2D eigenvalue weighted by Gasteiger charge is -2.12. The molecular formula is C17H12ClN3O3S. The summed E-state index contributed by atoms with van der Waals surface area (Å²) in [5.74, 6) is -0.976. The predicted octanol–water partition coefficient (Wildman–Crippen LogP) is 3.41. The van der Waals surface area contributed by atoms with Crippen LogP contribution in [0.5, 0.6) is 0 Å². The Kier molecular flexibility index (Phi) is 5.16. The number of carbonyl (C=O) groups is 3. The molecule has 0 bridgehead atoms. The molecule has 2 heterocycles. The summed E-state index contributed by atoms with van der Waals surface area (Å²) in [4.78, 5) is 41.7. The van der Waals surface area contributed by atoms with Crippen LogP contribution >= 0.6 is 23.4 Å². The van der Waals surface area contributed by atoms with E-state index in [1.807, 2.05) is 0 Å². The molecule has 1 aromatic carbocycles. The van der Waals surface area contributed by atoms with E-state index < -0.39 is 17.1 Å². The summed E-state index contributed by atoms with van der Waals surface area (Å²) in [5.41, 5.74) is 1.10. The lowest BCUT2D eigenvalue weighted by Crippen LogP contribution is -2.36. The number of amides is 3. The number of hydrogen-bond donors (Lipinski definition) is 1. The lowest BCUT2D eigenvalue weighted by atomic mass is 10.3. The van der Waals surface area contributed by atoms with Gasteiger partial charge in [-0.15, -0.1) is 0 Å². The van der Waals surface area contributed by atoms with E-state index in [0.717, 1.165) is 16.7 Å². The van der Waals surface area contributed by atoms with Crippen molar-refractivity contribution in [1.29, 1.82) is 0 Å². The zero-order valence-electron chi connectivity index (χ0n) is 12.8. The molecule has 8 heteroatoms. The van der Waals surface area contributed by atoms with Crippen LogP contribution in [0, 0.1) is 0 Å². The van der Waals surface area contributed by atoms with E-state index >= 15 is 0 Å². The van der Waals surface area contributed by atoms with Crippen LogP contribution < -0.4 is 5.32 Å². The predicted molar refractivity (Wildman–Crippen MR) is 97.0 cm³/mol. The molecule has 6 nitrogen and oxygen atoms in total. The first kappa shape index (κ1) is 17.2. The Labute approximate surface area is 152 Å². The van der Waals surface area contributed by atoms with Crippen molar-refractivity contribution in [2.75, 3.05) is 11.9 Å². The second-order valence-electron chi connectivity index (χ2n) is 5.08. The molecule has 2 aromatic rings. The Balaban J connectivity index is 1.67. The van der Waals surface area contributed by atoms with Crippen LogP contribution in [0.4, 0.5) is 10.5 Å². The molecule has 3 rings (SSSR count). The average molecular weight is 374 g/mol. The van der Waals surface area contributed by atoms with Crippen LogP contribution in [0.2, 0.25) is 5.02 Å². The minimum atomic E-state index is -0.507. The highest BCUT2D eigenvalue weighted by Crippen LogP contribution is 2.31. The molecule has 25 heavy (non-hydrogen) atoms. The summed E-state index contributed by atoms with van der Waals surface area (Å²) in [6.07, 6.45) is 3.12. The fourth-order valence-corrected chi connectivity index (χ4v) is 3.06. The molecule has 0 radical (unpaired) electrons. The van der Waals surface area contributed by atoms with E-state index in [-0.39, 0.29) is 11.4 Å². The average Bonchev–Trinajstić information content (AvgIpc) is 2.85. The van der Waals surface area contributed by atoms with E-state index in [2.05, 4.69) is 10.3 Å². The summed E-state index contributed by atoms with van der Waals surface area (Å²) in [6, 6.07) is 11.8. The van der Waals surface area contributed by atoms with Crippen molar-refractivity contribution in [3.8, 4) is 0 Å². The van der Waals surface area contributed by atoms with Gasteiger partial charge < -0.3 is 5.32 Å². The molecule has 0 spiro atoms. The number of anilines is 1. The number of hydrogen-bond acceptors (Lipinski definition) is 5. The van der Waals surface area contributed by atoms with Gasteiger partial charge in [0.15, 0.2) is 0 Å². The van der Waals surface area contributed by atoms with E-state index in [4.69, 9.17) is 11.6 Å². The normalized spacial score (nSPS) is 15.7. The molecule has 0 unspecified atom stereocenters. The van der Waals surface area contributed by atoms with E-state index in [0.29, 0.717) is 16.4 Å². The largest absolute Gasteiger partial charge is 0.325 e. The Morgan fingerprint density at radius 3 is 2.64 bits per heavy atom. The molecule has 1 aliphatic heterocycles. The number of aromatic nitrogens is 1. The summed E-state index contributed by atoms with van der Waals surface area (Å²) in [6.45, 7) is -0.354. The lowest BCUT2D eigenvalue weighted by molar-refractivity contribution is -0.127. The van der Waals surface area contributed by atoms with Gasteiger partial charge in [0, 0.05) is 16.9 Å². The first-order valence-corrected chi connectivity index (χ1v) is 8.44. The molecule has 1 saturated heterocycles. The number of benzene rings is 1. The van der Waals surface area contributed by atoms with E-state index in [9.17, 15) is 14.4 Å². The first-order chi connectivity index (χ1) is 12.0. The summed E-state index contributed by atoms with van der Waals surface area (Å²) in [7, 11) is 0. The van der Waals surface area contributed by atoms with Gasteiger partial charge in [-0.05, 0) is 54.2 Å². The Hall–Kier alpha value is -2.64. The van der Waals surface area contributed by atoms with Gasteiger partial charge in [0.2, 0.25) is 5.91 Å². The topological polar surface area (TPSA) is 79.4 Å². The van der Waals surface area contributed by atoms with Gasteiger partial charge in [0.05, 0.1) is 10.6 Å². The first-order valence-electron chi connectivity index (χ1n) is 7.25. The Morgan fingerprint density at radius 1 is 1.20 bits per heavy atom. The van der Waals surface area contributed by atoms with Gasteiger partial charge in [0.25, 0.3) is 11.1 Å². The van der Waals surface area contributed by atoms with Gasteiger partial charge in [-0.3, -0.25) is 24.3 Å². The second kappa shape index (κ2) is 7.50. The van der Waals surface area contributed by atoms with Crippen molar-refractivity contribution >= 4 is 52.2 Å². The van der Waals surface area contributed by atoms with E-state index in [1.165, 1.54) is 6.08 Å². The van der Waals surface area contributed by atoms with Crippen molar-refractivity contribution in [1.82, 2.24) is 9.88 Å². The second-order valence-corrected chi connectivity index (χ2v) is 6.51. The van der Waals surface area contributed by atoms with Gasteiger partial charge in [-0.2, -0.15) is 0 Å². The molecular weight excluding hydrogens is 362 g/mol. The van der Waals surface area contributed by atoms with Crippen molar-refractivity contribution in [2.45, 2.75) is 0 Å². The number of imide groups is 1. The molecule has 1 fully saturated rings. The van der Waals surface area contributed by atoms with Crippen LogP contribution in [-0.2, 0) is 9.59 Å². The van der Waals surface area contributed by atoms with Crippen LogP contribution in [0.25, 0.3) is 6.08 Å². The zero-order chi connectivity index (χ0) is 17.8. The number of rotatable bonds is 4. The van der Waals surface area contributed by atoms with Gasteiger partial charge in [-0.1, -0.05) is 17.7 Å². The third-order valence-electron chi connectivity index (χ3n) is 3.27. The quantitative estimate of drug-likeness (QED) is 0.831. The fourth-order valence-electron chi connectivity index (χ4n) is 2.11. The molecule has 1 aliphatic rings. The molecule has 0 aliphatic carbocycles. The molecule has 126 valence electrons. The van der Waals surface area contributed by atoms with Gasteiger partial charge in [-0.25, -0.2) is 0 Å². The number of nitrogens with one attached hydrogen (secondary N) is 1. The monoisotopic (exact) mass is 373 g/mol. The van der Waals surface area contributed by atoms with Gasteiger partial charge >= 0.3 is 0 Å². The summed E-state index contributed by atoms with van der Waals surface area (Å²) < 4.78 is 0. The summed E-state index contributed by atoms with van der Waals surface area (Å²) >= 11 is 6.57. The highest BCUT2D eigenvalue weighted by Gasteiger charge is 2.36. The van der Waals surface area contributed by atoms with Gasteiger partial charge in [0.1, 0.15) is 6.54 Å². The highest BCUT2D eigenvalue weighted by molar-refractivity contribution is 8.18. The minimum Gasteiger partial charge on any atom is -0.325 e. The molecule has 1 aromatic heterocycles. The molecule has 1 N–H and O–H groups in total. The van der Waals surface area contributed by atoms with Crippen LogP contribution in [0.3, 0.4) is 0 Å². The van der Waals surface area contributed by atoms with Crippen molar-refractivity contribution in [3.05, 3.63) is 64.3 Å². The number of halogens is 1. The maximum Gasteiger partial charge on any atom is 0.294 e. The Bertz CT molecular complexity index is 853. The smallest absolute Gasteiger partial charge is 0.294 e. The number of carbonyl (C=O) groups excluding carboxylic acids is 3. The molecule has 0 saturated carbocycles. The van der Waals surface area contributed by atoms with Crippen LogP contribution in [0.15, 0.2) is 53.6 Å². The van der Waals surface area contributed by atoms with Crippen LogP contribution in [-0.4, -0.2) is 33.5 Å². The van der Waals surface area contributed by atoms with Crippen molar-refractivity contribution in [2.24, 2.45) is 0 Å². The standard InChI is InChI=1S/C17H12ClN3O3S/c18-11-4-6-12(7-5-11)20-15(22)10-21-16(23)14(25-17(21)24)9-13-3-1-2-8-19-13/h1-9H,10H2,(H,20,22)/b14-9-. The highest BCUT2D eigenvalue weighted by atomic mass is 35.5. The van der Waals surface area contributed by atoms with Crippen molar-refractivity contribution < 1.29 is 14.4 Å². The molecule has 0 atom stereocenters. The number of pyridine rings is 1. The molecule has 3 amide bonds. The minimum absolute atomic E-state index is 0.239. The number of thioether (sulfide) groups is 1.